The van der Waals surface area contributed by atoms with E-state index in [-0.39, 0.29) is 18.5 Å². The molecule has 1 saturated heterocycles. The van der Waals surface area contributed by atoms with Gasteiger partial charge in [-0.25, -0.2) is 4.39 Å². The molecule has 1 fully saturated rings. The molecule has 118 valence electrons. The zero-order valence-electron chi connectivity index (χ0n) is 11.5. The minimum absolute atomic E-state index is 0.00528. The Bertz CT molecular complexity index is 453. The Kier molecular flexibility index (Phi) is 5.55. The van der Waals surface area contributed by atoms with Crippen LogP contribution in [0.15, 0.2) is 24.3 Å². The molecule has 0 aromatic heterocycles. The Morgan fingerprint density at radius 2 is 2.14 bits per heavy atom. The smallest absolute Gasteiger partial charge is 0.371 e. The molecule has 0 aliphatic carbocycles. The number of hydrogen-bond acceptors (Lipinski definition) is 3. The van der Waals surface area contributed by atoms with Crippen molar-refractivity contribution in [3.63, 3.8) is 0 Å². The van der Waals surface area contributed by atoms with Gasteiger partial charge in [0.2, 0.25) is 0 Å². The summed E-state index contributed by atoms with van der Waals surface area (Å²) in [4.78, 5) is 2.02. The average molecular weight is 306 g/mol. The van der Waals surface area contributed by atoms with Crippen LogP contribution in [-0.4, -0.2) is 50.5 Å². The van der Waals surface area contributed by atoms with E-state index in [0.717, 1.165) is 12.1 Å². The van der Waals surface area contributed by atoms with Crippen molar-refractivity contribution in [3.05, 3.63) is 35.6 Å². The molecule has 1 unspecified atom stereocenters. The first-order chi connectivity index (χ1) is 9.96. The fourth-order valence-electron chi connectivity index (χ4n) is 2.43. The lowest BCUT2D eigenvalue weighted by atomic mass is 10.0. The van der Waals surface area contributed by atoms with Gasteiger partial charge in [0.15, 0.2) is 0 Å². The standard InChI is InChI=1S/C14H18F4N2O/c15-12-3-1-2-11(8-12)13-9-19-4-5-20(13)6-7-21-10-14(16,17)18/h1-3,8,13,19H,4-7,9-10H2. The van der Waals surface area contributed by atoms with Crippen LogP contribution in [0.2, 0.25) is 0 Å². The number of halogens is 4. The van der Waals surface area contributed by atoms with E-state index in [1.54, 1.807) is 6.07 Å². The summed E-state index contributed by atoms with van der Waals surface area (Å²) in [6.45, 7) is 1.25. The second kappa shape index (κ2) is 7.20. The van der Waals surface area contributed by atoms with E-state index in [1.807, 2.05) is 11.0 Å². The molecule has 7 heteroatoms. The van der Waals surface area contributed by atoms with E-state index in [1.165, 1.54) is 12.1 Å². The van der Waals surface area contributed by atoms with Crippen LogP contribution in [0.4, 0.5) is 17.6 Å². The van der Waals surface area contributed by atoms with Gasteiger partial charge in [0, 0.05) is 32.2 Å². The summed E-state index contributed by atoms with van der Waals surface area (Å²) in [6.07, 6.45) is -4.30. The third kappa shape index (κ3) is 5.26. The van der Waals surface area contributed by atoms with Crippen LogP contribution in [0.3, 0.4) is 0 Å². The van der Waals surface area contributed by atoms with E-state index in [2.05, 4.69) is 10.1 Å². The lowest BCUT2D eigenvalue weighted by Crippen LogP contribution is -2.47. The topological polar surface area (TPSA) is 24.5 Å². The minimum Gasteiger partial charge on any atom is -0.371 e. The van der Waals surface area contributed by atoms with E-state index in [0.29, 0.717) is 19.6 Å². The monoisotopic (exact) mass is 306 g/mol. The van der Waals surface area contributed by atoms with Crippen LogP contribution < -0.4 is 5.32 Å². The molecule has 1 atom stereocenters. The summed E-state index contributed by atoms with van der Waals surface area (Å²) in [5, 5.41) is 3.21. The van der Waals surface area contributed by atoms with Gasteiger partial charge in [0.1, 0.15) is 12.4 Å². The van der Waals surface area contributed by atoms with Gasteiger partial charge in [-0.2, -0.15) is 13.2 Å². The molecule has 3 nitrogen and oxygen atoms in total. The van der Waals surface area contributed by atoms with Crippen molar-refractivity contribution in [2.24, 2.45) is 0 Å². The van der Waals surface area contributed by atoms with E-state index < -0.39 is 12.8 Å². The molecule has 0 amide bonds. The van der Waals surface area contributed by atoms with Gasteiger partial charge in [0.05, 0.1) is 6.61 Å². The van der Waals surface area contributed by atoms with Gasteiger partial charge in [-0.1, -0.05) is 12.1 Å². The van der Waals surface area contributed by atoms with Crippen molar-refractivity contribution >= 4 is 0 Å². The van der Waals surface area contributed by atoms with Gasteiger partial charge in [-0.15, -0.1) is 0 Å². The largest absolute Gasteiger partial charge is 0.411 e. The molecule has 1 aromatic carbocycles. The zero-order chi connectivity index (χ0) is 15.3. The van der Waals surface area contributed by atoms with E-state index >= 15 is 0 Å². The van der Waals surface area contributed by atoms with Gasteiger partial charge in [-0.3, -0.25) is 4.90 Å². The SMILES string of the molecule is Fc1cccc(C2CNCCN2CCOCC(F)(F)F)c1. The van der Waals surface area contributed by atoms with Crippen molar-refractivity contribution < 1.29 is 22.3 Å². The lowest BCUT2D eigenvalue weighted by Gasteiger charge is -2.36. The van der Waals surface area contributed by atoms with E-state index in [9.17, 15) is 17.6 Å². The second-order valence-electron chi connectivity index (χ2n) is 4.98. The molecule has 0 radical (unpaired) electrons. The molecule has 0 bridgehead atoms. The molecule has 1 aromatic rings. The quantitative estimate of drug-likeness (QED) is 0.667. The second-order valence-corrected chi connectivity index (χ2v) is 4.98. The number of rotatable bonds is 5. The van der Waals surface area contributed by atoms with E-state index in [4.69, 9.17) is 0 Å². The number of benzene rings is 1. The molecule has 1 heterocycles. The normalized spacial score (nSPS) is 20.7. The maximum atomic E-state index is 13.3. The number of piperazine rings is 1. The fraction of sp³-hybridized carbons (Fsp3) is 0.571. The predicted molar refractivity (Wildman–Crippen MR) is 70.5 cm³/mol. The lowest BCUT2D eigenvalue weighted by molar-refractivity contribution is -0.175. The fourth-order valence-corrected chi connectivity index (χ4v) is 2.43. The molecule has 21 heavy (non-hydrogen) atoms. The number of nitrogens with zero attached hydrogens (tertiary/aromatic N) is 1. The zero-order valence-corrected chi connectivity index (χ0v) is 11.5. The summed E-state index contributed by atoms with van der Waals surface area (Å²) < 4.78 is 54.0. The Hall–Kier alpha value is -1.18. The van der Waals surface area contributed by atoms with Crippen LogP contribution in [0, 0.1) is 5.82 Å². The third-order valence-electron chi connectivity index (χ3n) is 3.38. The first kappa shape index (κ1) is 16.2. The maximum absolute atomic E-state index is 13.3. The first-order valence-electron chi connectivity index (χ1n) is 6.80. The third-order valence-corrected chi connectivity index (χ3v) is 3.38. The van der Waals surface area contributed by atoms with Crippen LogP contribution in [0.1, 0.15) is 11.6 Å². The molecule has 1 N–H and O–H groups in total. The summed E-state index contributed by atoms with van der Waals surface area (Å²) >= 11 is 0. The highest BCUT2D eigenvalue weighted by Crippen LogP contribution is 2.22. The minimum atomic E-state index is -4.30. The number of nitrogens with one attached hydrogen (secondary N) is 1. The Labute approximate surface area is 120 Å². The molecular formula is C14H18F4N2O. The van der Waals surface area contributed by atoms with Crippen LogP contribution in [-0.2, 0) is 4.74 Å². The predicted octanol–water partition coefficient (Wildman–Crippen LogP) is 2.35. The van der Waals surface area contributed by atoms with Crippen molar-refractivity contribution in [2.45, 2.75) is 12.2 Å². The van der Waals surface area contributed by atoms with Crippen LogP contribution >= 0.6 is 0 Å². The van der Waals surface area contributed by atoms with Gasteiger partial charge in [0.25, 0.3) is 0 Å². The van der Waals surface area contributed by atoms with Crippen LogP contribution in [0.5, 0.6) is 0 Å². The highest BCUT2D eigenvalue weighted by atomic mass is 19.4. The number of alkyl halides is 3. The molecule has 1 aliphatic rings. The van der Waals surface area contributed by atoms with Crippen molar-refractivity contribution in [2.75, 3.05) is 39.4 Å². The number of hydrogen-bond donors (Lipinski definition) is 1. The van der Waals surface area contributed by atoms with Gasteiger partial charge < -0.3 is 10.1 Å². The van der Waals surface area contributed by atoms with Crippen molar-refractivity contribution in [1.29, 1.82) is 0 Å². The molecule has 0 spiro atoms. The Balaban J connectivity index is 1.90. The summed E-state index contributed by atoms with van der Waals surface area (Å²) in [6, 6.07) is 6.24. The van der Waals surface area contributed by atoms with Gasteiger partial charge >= 0.3 is 6.18 Å². The summed E-state index contributed by atoms with van der Waals surface area (Å²) in [5.41, 5.74) is 0.818. The molecule has 1 aliphatic heterocycles. The number of ether oxygens (including phenoxy) is 1. The summed E-state index contributed by atoms with van der Waals surface area (Å²) in [7, 11) is 0. The summed E-state index contributed by atoms with van der Waals surface area (Å²) in [5.74, 6) is -0.314. The van der Waals surface area contributed by atoms with Gasteiger partial charge in [-0.05, 0) is 17.7 Å². The van der Waals surface area contributed by atoms with Crippen LogP contribution in [0.25, 0.3) is 0 Å². The Morgan fingerprint density at radius 3 is 2.86 bits per heavy atom. The maximum Gasteiger partial charge on any atom is 0.411 e. The average Bonchev–Trinajstić information content (AvgIpc) is 2.43. The molecular weight excluding hydrogens is 288 g/mol. The first-order valence-corrected chi connectivity index (χ1v) is 6.80. The Morgan fingerprint density at radius 1 is 1.33 bits per heavy atom. The van der Waals surface area contributed by atoms with Crippen molar-refractivity contribution in [3.8, 4) is 0 Å². The molecule has 0 saturated carbocycles. The highest BCUT2D eigenvalue weighted by Gasteiger charge is 2.28. The van der Waals surface area contributed by atoms with Crippen molar-refractivity contribution in [1.82, 2.24) is 10.2 Å². The molecule has 2 rings (SSSR count). The highest BCUT2D eigenvalue weighted by molar-refractivity contribution is 5.21.